The number of amides is 2. The van der Waals surface area contributed by atoms with E-state index in [2.05, 4.69) is 11.4 Å². The zero-order chi connectivity index (χ0) is 18.3. The molecule has 0 spiro atoms. The van der Waals surface area contributed by atoms with Gasteiger partial charge in [-0.3, -0.25) is 9.59 Å². The number of nitrogens with one attached hydrogen (secondary N) is 1. The Kier molecular flexibility index (Phi) is 4.38. The molecule has 0 saturated carbocycles. The highest BCUT2D eigenvalue weighted by Gasteiger charge is 2.40. The summed E-state index contributed by atoms with van der Waals surface area (Å²) < 4.78 is 0. The van der Waals surface area contributed by atoms with Crippen LogP contribution in [0.3, 0.4) is 0 Å². The molecule has 1 atom stereocenters. The maximum Gasteiger partial charge on any atom is 0.256 e. The summed E-state index contributed by atoms with van der Waals surface area (Å²) in [7, 11) is 0. The number of benzene rings is 2. The fourth-order valence-corrected chi connectivity index (χ4v) is 3.76. The molecule has 2 amide bonds. The zero-order valence-electron chi connectivity index (χ0n) is 15.4. The van der Waals surface area contributed by atoms with Crippen molar-refractivity contribution < 1.29 is 9.59 Å². The Morgan fingerprint density at radius 3 is 1.92 bits per heavy atom. The lowest BCUT2D eigenvalue weighted by atomic mass is 10.0. The predicted molar refractivity (Wildman–Crippen MR) is 101 cm³/mol. The van der Waals surface area contributed by atoms with Crippen LogP contribution in [0.2, 0.25) is 0 Å². The van der Waals surface area contributed by atoms with E-state index in [0.29, 0.717) is 0 Å². The van der Waals surface area contributed by atoms with Crippen molar-refractivity contribution in [2.45, 2.75) is 47.1 Å². The van der Waals surface area contributed by atoms with Gasteiger partial charge in [0.25, 0.3) is 5.91 Å². The van der Waals surface area contributed by atoms with Crippen LogP contribution in [0.1, 0.15) is 34.2 Å². The number of carbonyl (C=O) groups excluding carboxylic acids is 2. The van der Waals surface area contributed by atoms with Crippen LogP contribution < -0.4 is 10.2 Å². The maximum atomic E-state index is 12.9. The molecule has 1 aliphatic heterocycles. The maximum absolute atomic E-state index is 12.9. The largest absolute Gasteiger partial charge is 0.373 e. The number of aryl methyl sites for hydroxylation is 5. The topological polar surface area (TPSA) is 49.4 Å². The molecule has 1 heterocycles. The summed E-state index contributed by atoms with van der Waals surface area (Å²) in [6, 6.07) is 9.57. The summed E-state index contributed by atoms with van der Waals surface area (Å²) in [5.74, 6) is -0.332. The smallest absolute Gasteiger partial charge is 0.256 e. The molecular formula is C21H24N2O2. The van der Waals surface area contributed by atoms with Crippen LogP contribution in [0.4, 0.5) is 11.4 Å². The first-order valence-electron chi connectivity index (χ1n) is 8.55. The van der Waals surface area contributed by atoms with Crippen molar-refractivity contribution in [3.05, 3.63) is 58.1 Å². The van der Waals surface area contributed by atoms with Crippen LogP contribution in [0.25, 0.3) is 0 Å². The molecule has 25 heavy (non-hydrogen) atoms. The Labute approximate surface area is 148 Å². The van der Waals surface area contributed by atoms with Crippen molar-refractivity contribution >= 4 is 23.2 Å². The minimum atomic E-state index is -0.520. The van der Waals surface area contributed by atoms with E-state index in [0.717, 1.165) is 39.2 Å². The van der Waals surface area contributed by atoms with Crippen molar-refractivity contribution in [2.24, 2.45) is 0 Å². The third kappa shape index (κ3) is 3.29. The van der Waals surface area contributed by atoms with E-state index in [1.165, 1.54) is 4.90 Å². The van der Waals surface area contributed by atoms with Crippen molar-refractivity contribution in [1.29, 1.82) is 0 Å². The molecule has 1 N–H and O–H groups in total. The molecule has 3 rings (SSSR count). The van der Waals surface area contributed by atoms with Gasteiger partial charge in [-0.2, -0.15) is 0 Å². The number of carbonyl (C=O) groups is 2. The summed E-state index contributed by atoms with van der Waals surface area (Å²) in [4.78, 5) is 26.8. The van der Waals surface area contributed by atoms with E-state index in [1.54, 1.807) is 0 Å². The van der Waals surface area contributed by atoms with Crippen molar-refractivity contribution in [2.75, 3.05) is 10.2 Å². The number of hydrogen-bond acceptors (Lipinski definition) is 3. The van der Waals surface area contributed by atoms with Crippen LogP contribution in [0.15, 0.2) is 30.3 Å². The van der Waals surface area contributed by atoms with E-state index < -0.39 is 6.04 Å². The molecule has 130 valence electrons. The molecule has 2 aromatic rings. The second-order valence-corrected chi connectivity index (χ2v) is 7.09. The second kappa shape index (κ2) is 6.36. The van der Waals surface area contributed by atoms with E-state index in [-0.39, 0.29) is 18.2 Å². The first-order valence-corrected chi connectivity index (χ1v) is 8.55. The van der Waals surface area contributed by atoms with Crippen molar-refractivity contribution in [1.82, 2.24) is 0 Å². The fourth-order valence-electron chi connectivity index (χ4n) is 3.76. The van der Waals surface area contributed by atoms with Gasteiger partial charge in [-0.15, -0.1) is 0 Å². The standard InChI is InChI=1S/C21H24N2O2/c1-12-6-13(2)10-17(9-12)22-18-11-19(24)23(21(18)25)20-15(4)7-14(3)8-16(20)5/h6-10,18,22H,11H2,1-5H3. The highest BCUT2D eigenvalue weighted by Crippen LogP contribution is 2.31. The summed E-state index contributed by atoms with van der Waals surface area (Å²) >= 11 is 0. The van der Waals surface area contributed by atoms with E-state index >= 15 is 0 Å². The third-order valence-corrected chi connectivity index (χ3v) is 4.57. The average molecular weight is 336 g/mol. The van der Waals surface area contributed by atoms with Crippen molar-refractivity contribution in [3.63, 3.8) is 0 Å². The van der Waals surface area contributed by atoms with E-state index in [9.17, 15) is 9.59 Å². The van der Waals surface area contributed by atoms with Crippen LogP contribution in [-0.2, 0) is 9.59 Å². The Morgan fingerprint density at radius 1 is 0.840 bits per heavy atom. The molecule has 1 aliphatic rings. The third-order valence-electron chi connectivity index (χ3n) is 4.57. The Hall–Kier alpha value is -2.62. The highest BCUT2D eigenvalue weighted by molar-refractivity contribution is 6.23. The number of anilines is 2. The average Bonchev–Trinajstić information content (AvgIpc) is 2.73. The lowest BCUT2D eigenvalue weighted by Crippen LogP contribution is -2.35. The summed E-state index contributed by atoms with van der Waals surface area (Å²) in [6.45, 7) is 9.94. The summed E-state index contributed by atoms with van der Waals surface area (Å²) in [5.41, 5.74) is 6.89. The SMILES string of the molecule is Cc1cc(C)cc(NC2CC(=O)N(c3c(C)cc(C)cc3C)C2=O)c1. The molecule has 4 nitrogen and oxygen atoms in total. The molecule has 0 bridgehead atoms. The highest BCUT2D eigenvalue weighted by atomic mass is 16.2. The van der Waals surface area contributed by atoms with Crippen LogP contribution in [0.5, 0.6) is 0 Å². The van der Waals surface area contributed by atoms with Gasteiger partial charge >= 0.3 is 0 Å². The normalized spacial score (nSPS) is 17.3. The van der Waals surface area contributed by atoms with Crippen LogP contribution >= 0.6 is 0 Å². The minimum Gasteiger partial charge on any atom is -0.373 e. The van der Waals surface area contributed by atoms with Gasteiger partial charge in [-0.25, -0.2) is 4.90 Å². The number of rotatable bonds is 3. The molecule has 1 unspecified atom stereocenters. The summed E-state index contributed by atoms with van der Waals surface area (Å²) in [5, 5.41) is 3.24. The first-order chi connectivity index (χ1) is 11.8. The zero-order valence-corrected chi connectivity index (χ0v) is 15.4. The van der Waals surface area contributed by atoms with Gasteiger partial charge in [0.1, 0.15) is 6.04 Å². The first kappa shape index (κ1) is 17.2. The molecule has 0 aromatic heterocycles. The lowest BCUT2D eigenvalue weighted by Gasteiger charge is -2.21. The van der Waals surface area contributed by atoms with Crippen LogP contribution in [-0.4, -0.2) is 17.9 Å². The molecule has 0 radical (unpaired) electrons. The van der Waals surface area contributed by atoms with Gasteiger partial charge in [0.2, 0.25) is 5.91 Å². The Morgan fingerprint density at radius 2 is 1.36 bits per heavy atom. The van der Waals surface area contributed by atoms with E-state index in [1.807, 2.05) is 58.9 Å². The molecule has 4 heteroatoms. The molecule has 0 aliphatic carbocycles. The van der Waals surface area contributed by atoms with E-state index in [4.69, 9.17) is 0 Å². The summed E-state index contributed by atoms with van der Waals surface area (Å²) in [6.07, 6.45) is 0.179. The number of hydrogen-bond donors (Lipinski definition) is 1. The monoisotopic (exact) mass is 336 g/mol. The van der Waals surface area contributed by atoms with Gasteiger partial charge < -0.3 is 5.32 Å². The van der Waals surface area contributed by atoms with Gasteiger partial charge in [0.15, 0.2) is 0 Å². The fraction of sp³-hybridized carbons (Fsp3) is 0.333. The lowest BCUT2D eigenvalue weighted by molar-refractivity contribution is -0.121. The Bertz CT molecular complexity index is 827. The molecule has 1 fully saturated rings. The van der Waals surface area contributed by atoms with Crippen molar-refractivity contribution in [3.8, 4) is 0 Å². The molecule has 1 saturated heterocycles. The van der Waals surface area contributed by atoms with Gasteiger partial charge in [0, 0.05) is 5.69 Å². The second-order valence-electron chi connectivity index (χ2n) is 7.09. The predicted octanol–water partition coefficient (Wildman–Crippen LogP) is 3.97. The van der Waals surface area contributed by atoms with Gasteiger partial charge in [0.05, 0.1) is 12.1 Å². The quantitative estimate of drug-likeness (QED) is 0.863. The van der Waals surface area contributed by atoms with Gasteiger partial charge in [-0.1, -0.05) is 23.8 Å². The number of nitrogens with zero attached hydrogens (tertiary/aromatic N) is 1. The van der Waals surface area contributed by atoms with Crippen LogP contribution in [0, 0.1) is 34.6 Å². The molecule has 2 aromatic carbocycles. The number of imide groups is 1. The molecular weight excluding hydrogens is 312 g/mol. The Balaban J connectivity index is 1.90. The minimum absolute atomic E-state index is 0.151. The van der Waals surface area contributed by atoms with Gasteiger partial charge in [-0.05, 0) is 69.0 Å².